The summed E-state index contributed by atoms with van der Waals surface area (Å²) in [5, 5.41) is 8.85. The molecule has 0 unspecified atom stereocenters. The van der Waals surface area contributed by atoms with E-state index in [1.165, 1.54) is 6.21 Å². The SMILES string of the molecule is CC(C=N)=C1C=CN=C[NH2+]1. The fourth-order valence-corrected chi connectivity index (χ4v) is 0.698. The van der Waals surface area contributed by atoms with Gasteiger partial charge < -0.3 is 5.41 Å². The minimum Gasteiger partial charge on any atom is -0.308 e. The highest BCUT2D eigenvalue weighted by atomic mass is 15.0. The first-order chi connectivity index (χ1) is 4.84. The van der Waals surface area contributed by atoms with Crippen LogP contribution in [0.2, 0.25) is 0 Å². The highest BCUT2D eigenvalue weighted by molar-refractivity contribution is 5.76. The molecule has 3 nitrogen and oxygen atoms in total. The lowest BCUT2D eigenvalue weighted by Gasteiger charge is -1.99. The van der Waals surface area contributed by atoms with Gasteiger partial charge in [0.2, 0.25) is 0 Å². The molecule has 3 heteroatoms. The highest BCUT2D eigenvalue weighted by Gasteiger charge is 2.01. The van der Waals surface area contributed by atoms with Crippen LogP contribution in [0.1, 0.15) is 6.92 Å². The molecule has 0 bridgehead atoms. The van der Waals surface area contributed by atoms with Crippen LogP contribution in [0.3, 0.4) is 0 Å². The van der Waals surface area contributed by atoms with Crippen molar-refractivity contribution in [3.05, 3.63) is 23.5 Å². The summed E-state index contributed by atoms with van der Waals surface area (Å²) in [5.74, 6) is 0. The average molecular weight is 136 g/mol. The van der Waals surface area contributed by atoms with E-state index in [0.29, 0.717) is 0 Å². The van der Waals surface area contributed by atoms with Crippen LogP contribution in [0, 0.1) is 5.41 Å². The van der Waals surface area contributed by atoms with Crippen LogP contribution in [0.4, 0.5) is 0 Å². The first-order valence-electron chi connectivity index (χ1n) is 3.09. The molecule has 0 saturated heterocycles. The van der Waals surface area contributed by atoms with Gasteiger partial charge in [0.05, 0.1) is 0 Å². The summed E-state index contributed by atoms with van der Waals surface area (Å²) in [7, 11) is 0. The smallest absolute Gasteiger partial charge is 0.191 e. The number of nitrogens with one attached hydrogen (secondary N) is 1. The van der Waals surface area contributed by atoms with Crippen LogP contribution in [-0.2, 0) is 0 Å². The molecule has 0 amide bonds. The Balaban J connectivity index is 2.84. The number of hydrogen-bond donors (Lipinski definition) is 2. The molecule has 0 atom stereocenters. The molecule has 1 aliphatic heterocycles. The summed E-state index contributed by atoms with van der Waals surface area (Å²) in [6, 6.07) is 0. The van der Waals surface area contributed by atoms with E-state index in [0.717, 1.165) is 11.3 Å². The molecule has 0 fully saturated rings. The molecule has 1 heterocycles. The first kappa shape index (κ1) is 6.89. The number of nitrogens with two attached hydrogens (primary N) is 1. The van der Waals surface area contributed by atoms with Gasteiger partial charge in [-0.1, -0.05) is 0 Å². The summed E-state index contributed by atoms with van der Waals surface area (Å²) in [5.41, 5.74) is 2.02. The predicted octanol–water partition coefficient (Wildman–Crippen LogP) is 0.0290. The van der Waals surface area contributed by atoms with E-state index in [1.807, 2.05) is 18.3 Å². The molecule has 0 radical (unpaired) electrons. The molecule has 0 spiro atoms. The standard InChI is InChI=1S/C7H9N3/c1-6(4-8)7-2-3-9-5-10-7/h2-5,8H,1H3,(H,9,10)/p+1. The maximum atomic E-state index is 6.96. The molecule has 0 aromatic rings. The molecule has 10 heavy (non-hydrogen) atoms. The van der Waals surface area contributed by atoms with Gasteiger partial charge in [-0.05, 0) is 6.92 Å². The Kier molecular flexibility index (Phi) is 2.12. The summed E-state index contributed by atoms with van der Waals surface area (Å²) < 4.78 is 0. The van der Waals surface area contributed by atoms with Crippen molar-refractivity contribution in [2.45, 2.75) is 6.92 Å². The van der Waals surface area contributed by atoms with Crippen LogP contribution in [-0.4, -0.2) is 12.6 Å². The van der Waals surface area contributed by atoms with Gasteiger partial charge in [-0.2, -0.15) is 0 Å². The zero-order valence-electron chi connectivity index (χ0n) is 5.83. The number of quaternary nitrogens is 1. The Hall–Kier alpha value is -1.22. The third kappa shape index (κ3) is 1.39. The van der Waals surface area contributed by atoms with Gasteiger partial charge in [-0.15, -0.1) is 0 Å². The fraction of sp³-hybridized carbons (Fsp3) is 0.143. The summed E-state index contributed by atoms with van der Waals surface area (Å²) in [6.07, 6.45) is 6.68. The zero-order valence-corrected chi connectivity index (χ0v) is 5.83. The maximum absolute atomic E-state index is 6.96. The normalized spacial score (nSPS) is 20.9. The molecule has 0 aliphatic carbocycles. The van der Waals surface area contributed by atoms with Crippen LogP contribution in [0.25, 0.3) is 0 Å². The number of allylic oxidation sites excluding steroid dienone is 2. The van der Waals surface area contributed by atoms with Crippen molar-refractivity contribution in [1.29, 1.82) is 5.41 Å². The fourth-order valence-electron chi connectivity index (χ4n) is 0.698. The second kappa shape index (κ2) is 3.08. The van der Waals surface area contributed by atoms with Gasteiger partial charge in [0, 0.05) is 24.1 Å². The first-order valence-corrected chi connectivity index (χ1v) is 3.09. The maximum Gasteiger partial charge on any atom is 0.191 e. The van der Waals surface area contributed by atoms with Gasteiger partial charge >= 0.3 is 0 Å². The van der Waals surface area contributed by atoms with Crippen molar-refractivity contribution in [3.63, 3.8) is 0 Å². The van der Waals surface area contributed by atoms with E-state index >= 15 is 0 Å². The van der Waals surface area contributed by atoms with E-state index in [4.69, 9.17) is 5.41 Å². The molecule has 3 N–H and O–H groups in total. The number of hydrogen-bond acceptors (Lipinski definition) is 2. The topological polar surface area (TPSA) is 52.8 Å². The third-order valence-corrected chi connectivity index (χ3v) is 1.35. The molecular weight excluding hydrogens is 126 g/mol. The molecule has 52 valence electrons. The van der Waals surface area contributed by atoms with Crippen molar-refractivity contribution in [2.24, 2.45) is 4.99 Å². The summed E-state index contributed by atoms with van der Waals surface area (Å²) >= 11 is 0. The molecule has 0 aromatic heterocycles. The van der Waals surface area contributed by atoms with Gasteiger partial charge in [-0.3, -0.25) is 5.32 Å². The molecule has 0 saturated carbocycles. The van der Waals surface area contributed by atoms with Crippen molar-refractivity contribution in [1.82, 2.24) is 0 Å². The van der Waals surface area contributed by atoms with E-state index < -0.39 is 0 Å². The van der Waals surface area contributed by atoms with Crippen LogP contribution < -0.4 is 5.32 Å². The lowest BCUT2D eigenvalue weighted by atomic mass is 10.2. The second-order valence-corrected chi connectivity index (χ2v) is 2.06. The Labute approximate surface area is 59.7 Å². The van der Waals surface area contributed by atoms with E-state index in [-0.39, 0.29) is 0 Å². The Morgan fingerprint density at radius 3 is 3.10 bits per heavy atom. The number of nitrogens with zero attached hydrogens (tertiary/aromatic N) is 1. The minimum absolute atomic E-state index is 0.961. The molecule has 1 rings (SSSR count). The zero-order chi connectivity index (χ0) is 7.40. The van der Waals surface area contributed by atoms with Crippen molar-refractivity contribution < 1.29 is 5.32 Å². The molecule has 1 aliphatic rings. The quantitative estimate of drug-likeness (QED) is 0.478. The van der Waals surface area contributed by atoms with Gasteiger partial charge in [0.1, 0.15) is 5.70 Å². The van der Waals surface area contributed by atoms with Crippen LogP contribution >= 0.6 is 0 Å². The molecule has 0 aromatic carbocycles. The Bertz CT molecular complexity index is 223. The van der Waals surface area contributed by atoms with Gasteiger partial charge in [0.15, 0.2) is 6.34 Å². The summed E-state index contributed by atoms with van der Waals surface area (Å²) in [6.45, 7) is 1.91. The van der Waals surface area contributed by atoms with E-state index in [1.54, 1.807) is 12.5 Å². The van der Waals surface area contributed by atoms with Gasteiger partial charge in [-0.25, -0.2) is 4.99 Å². The van der Waals surface area contributed by atoms with Gasteiger partial charge in [0.25, 0.3) is 0 Å². The highest BCUT2D eigenvalue weighted by Crippen LogP contribution is 1.95. The van der Waals surface area contributed by atoms with E-state index in [2.05, 4.69) is 4.99 Å². The number of rotatable bonds is 1. The second-order valence-electron chi connectivity index (χ2n) is 2.06. The number of aliphatic imine (C=N–C) groups is 1. The van der Waals surface area contributed by atoms with Crippen LogP contribution in [0.5, 0.6) is 0 Å². The van der Waals surface area contributed by atoms with E-state index in [9.17, 15) is 0 Å². The van der Waals surface area contributed by atoms with Crippen molar-refractivity contribution >= 4 is 12.6 Å². The lowest BCUT2D eigenvalue weighted by molar-refractivity contribution is -0.470. The monoisotopic (exact) mass is 136 g/mol. The largest absolute Gasteiger partial charge is 0.308 e. The third-order valence-electron chi connectivity index (χ3n) is 1.35. The Morgan fingerprint density at radius 2 is 2.60 bits per heavy atom. The Morgan fingerprint density at radius 1 is 1.80 bits per heavy atom. The summed E-state index contributed by atoms with van der Waals surface area (Å²) in [4.78, 5) is 3.87. The van der Waals surface area contributed by atoms with Crippen molar-refractivity contribution in [3.8, 4) is 0 Å². The van der Waals surface area contributed by atoms with Crippen LogP contribution in [0.15, 0.2) is 28.5 Å². The minimum atomic E-state index is 0.961. The predicted molar refractivity (Wildman–Crippen MR) is 41.0 cm³/mol. The lowest BCUT2D eigenvalue weighted by Crippen LogP contribution is -2.81. The van der Waals surface area contributed by atoms with Crippen molar-refractivity contribution in [2.75, 3.05) is 0 Å². The average Bonchev–Trinajstić information content (AvgIpc) is 2.05. The molecular formula is C7H10N3+.